The third-order valence-electron chi connectivity index (χ3n) is 9.57. The van der Waals surface area contributed by atoms with Crippen LogP contribution < -0.4 is 4.90 Å². The molecule has 2 aromatic rings. The van der Waals surface area contributed by atoms with E-state index in [9.17, 15) is 23.1 Å². The topological polar surface area (TPSA) is 47.0 Å². The molecule has 3 aliphatic rings. The van der Waals surface area contributed by atoms with Gasteiger partial charge in [-0.05, 0) is 25.8 Å². The minimum absolute atomic E-state index is 0.00353. The maximum absolute atomic E-state index is 14.1. The molecule has 0 unspecified atom stereocenters. The van der Waals surface area contributed by atoms with Crippen molar-refractivity contribution in [2.45, 2.75) is 69.7 Å². The molecule has 42 heavy (non-hydrogen) atoms. The van der Waals surface area contributed by atoms with Crippen molar-refractivity contribution in [1.29, 1.82) is 0 Å². The second-order valence-electron chi connectivity index (χ2n) is 12.2. The van der Waals surface area contributed by atoms with E-state index in [2.05, 4.69) is 11.8 Å². The number of hydrogen-bond donors (Lipinski definition) is 1. The van der Waals surface area contributed by atoms with Crippen LogP contribution in [0.2, 0.25) is 5.02 Å². The molecule has 2 aromatic carbocycles. The van der Waals surface area contributed by atoms with E-state index in [1.165, 1.54) is 29.2 Å². The number of benzene rings is 2. The van der Waals surface area contributed by atoms with Crippen molar-refractivity contribution in [2.75, 3.05) is 37.6 Å². The number of hydrogen-bond acceptors (Lipinski definition) is 4. The fraction of sp³-hybridized carbons (Fsp3) is 0.562. The van der Waals surface area contributed by atoms with Crippen LogP contribution in [-0.2, 0) is 5.60 Å². The third kappa shape index (κ3) is 6.23. The molecule has 1 radical (unpaired) electrons. The minimum atomic E-state index is -4.93. The summed E-state index contributed by atoms with van der Waals surface area (Å²) in [4.78, 5) is 18.7. The molecular weight excluding hydrogens is 562 g/mol. The molecule has 1 N–H and O–H groups in total. The Kier molecular flexibility index (Phi) is 9.29. The van der Waals surface area contributed by atoms with Crippen molar-refractivity contribution in [3.8, 4) is 0 Å². The summed E-state index contributed by atoms with van der Waals surface area (Å²) in [7, 11) is 6.06. The van der Waals surface area contributed by atoms with Crippen LogP contribution in [0, 0.1) is 11.8 Å². The summed E-state index contributed by atoms with van der Waals surface area (Å²) in [5, 5.41) is 11.3. The van der Waals surface area contributed by atoms with E-state index < -0.39 is 17.4 Å². The van der Waals surface area contributed by atoms with E-state index >= 15 is 0 Å². The predicted octanol–water partition coefficient (Wildman–Crippen LogP) is 6.03. The van der Waals surface area contributed by atoms with E-state index in [4.69, 9.17) is 19.1 Å². The van der Waals surface area contributed by atoms with Gasteiger partial charge in [0.2, 0.25) is 0 Å². The molecule has 3 aliphatic heterocycles. The monoisotopic (exact) mass is 600 g/mol. The van der Waals surface area contributed by atoms with E-state index in [0.717, 1.165) is 70.3 Å². The molecule has 0 aromatic heterocycles. The van der Waals surface area contributed by atoms with Gasteiger partial charge < -0.3 is 4.90 Å². The number of carbonyl (C=O) groups excluding carboxylic acids is 1. The fourth-order valence-corrected chi connectivity index (χ4v) is 7.19. The molecule has 5 rings (SSSR count). The molecular formula is C32H39BClF3N3O2. The van der Waals surface area contributed by atoms with Crippen molar-refractivity contribution in [2.24, 2.45) is 11.8 Å². The number of aliphatic hydroxyl groups is 1. The number of piperidine rings is 2. The fourth-order valence-electron chi connectivity index (χ4n) is 6.94. The molecule has 10 heteroatoms. The first-order valence-corrected chi connectivity index (χ1v) is 15.4. The van der Waals surface area contributed by atoms with E-state index in [1.54, 1.807) is 6.07 Å². The van der Waals surface area contributed by atoms with Crippen LogP contribution in [-0.4, -0.2) is 78.8 Å². The first kappa shape index (κ1) is 30.9. The van der Waals surface area contributed by atoms with Gasteiger partial charge in [0.15, 0.2) is 0 Å². The zero-order chi connectivity index (χ0) is 30.1. The summed E-state index contributed by atoms with van der Waals surface area (Å²) in [6.45, 7) is 5.42. The quantitative estimate of drug-likeness (QED) is 0.394. The van der Waals surface area contributed by atoms with Gasteiger partial charge in [-0.3, -0.25) is 4.79 Å². The molecule has 3 fully saturated rings. The van der Waals surface area contributed by atoms with Gasteiger partial charge in [-0.1, -0.05) is 11.6 Å². The second kappa shape index (κ2) is 12.6. The normalized spacial score (nSPS) is 22.3. The zero-order valence-corrected chi connectivity index (χ0v) is 24.9. The van der Waals surface area contributed by atoms with Crippen LogP contribution >= 0.6 is 11.6 Å². The molecule has 1 amide bonds. The molecule has 0 saturated carbocycles. The van der Waals surface area contributed by atoms with Gasteiger partial charge in [-0.25, -0.2) is 0 Å². The summed E-state index contributed by atoms with van der Waals surface area (Å²) in [5.41, 5.74) is -2.44. The van der Waals surface area contributed by atoms with Gasteiger partial charge in [0.1, 0.15) is 0 Å². The van der Waals surface area contributed by atoms with Crippen molar-refractivity contribution in [1.82, 2.24) is 9.80 Å². The van der Waals surface area contributed by atoms with Gasteiger partial charge in [0, 0.05) is 12.6 Å². The standard InChI is InChI=1S/C32H39BClF3N3O2/c1-22-6-5-15-40(22)29(41)27-10-9-26(21-28(27)34)38-16-11-23(12-17-38)20-24-13-18-39(19-14-24)30(33)31(42,32(35,36)37)25-7-3-2-4-8-25/h2-4,7-10,21-24,42H,5-6,11-20H2,1H3/t22-,31+/m0/s1. The Bertz CT molecular complexity index is 1260. The Labute approximate surface area is 252 Å². The van der Waals surface area contributed by atoms with Crippen molar-refractivity contribution < 1.29 is 23.1 Å². The number of halogens is 4. The number of alkyl halides is 3. The van der Waals surface area contributed by atoms with E-state index in [0.29, 0.717) is 35.5 Å². The van der Waals surface area contributed by atoms with Gasteiger partial charge in [-0.2, -0.15) is 0 Å². The van der Waals surface area contributed by atoms with Gasteiger partial charge in [-0.15, -0.1) is 0 Å². The van der Waals surface area contributed by atoms with Crippen LogP contribution in [0.4, 0.5) is 18.9 Å². The van der Waals surface area contributed by atoms with Crippen LogP contribution in [0.15, 0.2) is 48.5 Å². The SMILES string of the molecule is [B]=C(N1CCC(CC2CCN(c3ccc(C(=O)N4CCC[C@@H]4C)c(Cl)c3)CC2)CC1)[C@](O)(c1ccccc1)C(F)(F)F. The Hall–Kier alpha value is -2.52. The number of carbonyl (C=O) groups is 1. The van der Waals surface area contributed by atoms with Gasteiger partial charge in [0.05, 0.1) is 10.6 Å². The molecule has 3 heterocycles. The van der Waals surface area contributed by atoms with Crippen molar-refractivity contribution in [3.05, 3.63) is 64.7 Å². The van der Waals surface area contributed by atoms with Gasteiger partial charge in [0.25, 0.3) is 5.91 Å². The number of rotatable bonds is 7. The molecule has 0 aliphatic carbocycles. The average Bonchev–Trinajstić information content (AvgIpc) is 3.42. The molecule has 225 valence electrons. The average molecular weight is 601 g/mol. The van der Waals surface area contributed by atoms with Crippen LogP contribution in [0.5, 0.6) is 0 Å². The number of nitrogens with zero attached hydrogens (tertiary/aromatic N) is 3. The van der Waals surface area contributed by atoms with Crippen LogP contribution in [0.1, 0.15) is 67.8 Å². The van der Waals surface area contributed by atoms with Crippen LogP contribution in [0.25, 0.3) is 0 Å². The Morgan fingerprint density at radius 1 is 0.952 bits per heavy atom. The van der Waals surface area contributed by atoms with Crippen molar-refractivity contribution >= 4 is 36.3 Å². The maximum atomic E-state index is 14.1. The Morgan fingerprint density at radius 2 is 1.57 bits per heavy atom. The zero-order valence-electron chi connectivity index (χ0n) is 24.1. The number of anilines is 1. The van der Waals surface area contributed by atoms with E-state index in [1.807, 2.05) is 23.1 Å². The summed E-state index contributed by atoms with van der Waals surface area (Å²) in [6, 6.07) is 13.1. The van der Waals surface area contributed by atoms with E-state index in [-0.39, 0.29) is 17.5 Å². The van der Waals surface area contributed by atoms with Crippen LogP contribution in [0.3, 0.4) is 0 Å². The van der Waals surface area contributed by atoms with Gasteiger partial charge >= 0.3 is 177 Å². The molecule has 0 spiro atoms. The summed E-state index contributed by atoms with van der Waals surface area (Å²) >= 11 is 6.58. The predicted molar refractivity (Wildman–Crippen MR) is 162 cm³/mol. The molecule has 0 bridgehead atoms. The first-order chi connectivity index (χ1) is 20.0. The second-order valence-corrected chi connectivity index (χ2v) is 12.6. The number of amides is 1. The number of likely N-dealkylation sites (tertiary alicyclic amines) is 2. The summed E-state index contributed by atoms with van der Waals surface area (Å²) in [5.74, 6) is 0.960. The molecule has 2 atom stereocenters. The first-order valence-electron chi connectivity index (χ1n) is 15.1. The third-order valence-corrected chi connectivity index (χ3v) is 9.88. The van der Waals surface area contributed by atoms with Crippen molar-refractivity contribution in [3.63, 3.8) is 0 Å². The summed E-state index contributed by atoms with van der Waals surface area (Å²) in [6.07, 6.45) is 1.69. The molecule has 3 saturated heterocycles. The Balaban J connectivity index is 1.12. The summed E-state index contributed by atoms with van der Waals surface area (Å²) < 4.78 is 42.3. The molecule has 5 nitrogen and oxygen atoms in total. The Morgan fingerprint density at radius 3 is 2.12 bits per heavy atom.